The third-order valence-electron chi connectivity index (χ3n) is 2.34. The van der Waals surface area contributed by atoms with Crippen molar-refractivity contribution in [1.29, 1.82) is 0 Å². The van der Waals surface area contributed by atoms with E-state index < -0.39 is 5.97 Å². The average Bonchev–Trinajstić information content (AvgIpc) is 2.78. The van der Waals surface area contributed by atoms with Gasteiger partial charge in [0.25, 0.3) is 0 Å². The Morgan fingerprint density at radius 2 is 2.18 bits per heavy atom. The zero-order valence-corrected chi connectivity index (χ0v) is 9.74. The highest BCUT2D eigenvalue weighted by Gasteiger charge is 2.09. The van der Waals surface area contributed by atoms with Gasteiger partial charge in [0.1, 0.15) is 0 Å². The molecular formula is C10H16N4O3. The quantitative estimate of drug-likeness (QED) is 0.724. The van der Waals surface area contributed by atoms with E-state index >= 15 is 0 Å². The average molecular weight is 240 g/mol. The van der Waals surface area contributed by atoms with E-state index in [2.05, 4.69) is 10.3 Å². The van der Waals surface area contributed by atoms with Crippen molar-refractivity contribution >= 4 is 11.9 Å². The van der Waals surface area contributed by atoms with Gasteiger partial charge >= 0.3 is 5.97 Å². The molecule has 94 valence electrons. The van der Waals surface area contributed by atoms with Crippen LogP contribution in [0.2, 0.25) is 0 Å². The normalized spacial score (nSPS) is 10.2. The molecule has 0 aliphatic carbocycles. The molecule has 0 bridgehead atoms. The number of aryl methyl sites for hydroxylation is 1. The van der Waals surface area contributed by atoms with Crippen LogP contribution in [0.5, 0.6) is 0 Å². The molecule has 1 heterocycles. The van der Waals surface area contributed by atoms with Gasteiger partial charge in [-0.05, 0) is 6.42 Å². The predicted molar refractivity (Wildman–Crippen MR) is 59.1 cm³/mol. The second-order valence-electron chi connectivity index (χ2n) is 3.73. The summed E-state index contributed by atoms with van der Waals surface area (Å²) >= 11 is 0. The van der Waals surface area contributed by atoms with Gasteiger partial charge in [-0.1, -0.05) is 5.21 Å². The highest BCUT2D eigenvalue weighted by Crippen LogP contribution is 1.98. The van der Waals surface area contributed by atoms with Gasteiger partial charge in [0.2, 0.25) is 5.91 Å². The number of amides is 1. The van der Waals surface area contributed by atoms with Crippen LogP contribution >= 0.6 is 0 Å². The number of nitrogens with zero attached hydrogens (tertiary/aromatic N) is 4. The predicted octanol–water partition coefficient (Wildman–Crippen LogP) is -0.00860. The van der Waals surface area contributed by atoms with Crippen LogP contribution in [0.25, 0.3) is 0 Å². The number of aliphatic carboxylic acids is 1. The van der Waals surface area contributed by atoms with Gasteiger partial charge in [0.05, 0.1) is 12.7 Å². The summed E-state index contributed by atoms with van der Waals surface area (Å²) in [5.74, 6) is -0.862. The molecule has 1 amide bonds. The summed E-state index contributed by atoms with van der Waals surface area (Å²) in [5.41, 5.74) is 0. The van der Waals surface area contributed by atoms with E-state index in [1.54, 1.807) is 29.0 Å². The Morgan fingerprint density at radius 1 is 1.41 bits per heavy atom. The van der Waals surface area contributed by atoms with Crippen LogP contribution in [-0.2, 0) is 16.1 Å². The fourth-order valence-electron chi connectivity index (χ4n) is 1.35. The molecular weight excluding hydrogens is 224 g/mol. The first kappa shape index (κ1) is 13.1. The van der Waals surface area contributed by atoms with Crippen LogP contribution < -0.4 is 0 Å². The molecule has 0 spiro atoms. The minimum absolute atomic E-state index is 0.0223. The number of carboxylic acid groups (broad SMARTS) is 1. The van der Waals surface area contributed by atoms with Crippen molar-refractivity contribution in [3.8, 4) is 0 Å². The van der Waals surface area contributed by atoms with E-state index in [1.807, 2.05) is 0 Å². The van der Waals surface area contributed by atoms with E-state index in [0.29, 0.717) is 25.9 Å². The lowest BCUT2D eigenvalue weighted by atomic mass is 10.3. The van der Waals surface area contributed by atoms with Gasteiger partial charge < -0.3 is 10.0 Å². The number of rotatable bonds is 7. The Balaban J connectivity index is 2.20. The molecule has 0 unspecified atom stereocenters. The van der Waals surface area contributed by atoms with Gasteiger partial charge in [0.15, 0.2) is 0 Å². The van der Waals surface area contributed by atoms with Gasteiger partial charge in [-0.25, -0.2) is 0 Å². The van der Waals surface area contributed by atoms with Crippen molar-refractivity contribution in [1.82, 2.24) is 19.9 Å². The lowest BCUT2D eigenvalue weighted by Gasteiger charge is -2.16. The Bertz CT molecular complexity index is 364. The van der Waals surface area contributed by atoms with E-state index in [-0.39, 0.29) is 12.3 Å². The molecule has 0 saturated heterocycles. The summed E-state index contributed by atoms with van der Waals surface area (Å²) in [4.78, 5) is 23.5. The molecule has 7 nitrogen and oxygen atoms in total. The molecule has 1 N–H and O–H groups in total. The summed E-state index contributed by atoms with van der Waals surface area (Å²) in [5, 5.41) is 15.9. The molecule has 1 rings (SSSR count). The van der Waals surface area contributed by atoms with Crippen molar-refractivity contribution in [2.45, 2.75) is 25.8 Å². The summed E-state index contributed by atoms with van der Waals surface area (Å²) in [6, 6.07) is 0. The monoisotopic (exact) mass is 240 g/mol. The third-order valence-corrected chi connectivity index (χ3v) is 2.34. The molecule has 17 heavy (non-hydrogen) atoms. The summed E-state index contributed by atoms with van der Waals surface area (Å²) in [6.07, 6.45) is 4.15. The maximum Gasteiger partial charge on any atom is 0.303 e. The molecule has 0 aromatic carbocycles. The summed E-state index contributed by atoms with van der Waals surface area (Å²) in [7, 11) is 1.67. The summed E-state index contributed by atoms with van der Waals surface area (Å²) < 4.78 is 1.59. The van der Waals surface area contributed by atoms with Gasteiger partial charge in [-0.2, -0.15) is 0 Å². The van der Waals surface area contributed by atoms with Crippen molar-refractivity contribution < 1.29 is 14.7 Å². The third kappa shape index (κ3) is 5.10. The van der Waals surface area contributed by atoms with Crippen LogP contribution in [0.15, 0.2) is 12.4 Å². The SMILES string of the molecule is CN(CCCC(=O)O)C(=O)CCn1ccnn1. The minimum atomic E-state index is -0.839. The molecule has 0 saturated carbocycles. The lowest BCUT2D eigenvalue weighted by molar-refractivity contribution is -0.138. The number of carbonyl (C=O) groups is 2. The van der Waals surface area contributed by atoms with Gasteiger partial charge in [0, 0.05) is 32.6 Å². The maximum atomic E-state index is 11.6. The molecule has 1 aromatic heterocycles. The number of aromatic nitrogens is 3. The lowest BCUT2D eigenvalue weighted by Crippen LogP contribution is -2.28. The second-order valence-corrected chi connectivity index (χ2v) is 3.73. The highest BCUT2D eigenvalue weighted by atomic mass is 16.4. The zero-order valence-electron chi connectivity index (χ0n) is 9.74. The Morgan fingerprint density at radius 3 is 2.76 bits per heavy atom. The number of carbonyl (C=O) groups excluding carboxylic acids is 1. The van der Waals surface area contributed by atoms with Crippen LogP contribution in [-0.4, -0.2) is 50.5 Å². The maximum absolute atomic E-state index is 11.6. The first-order valence-electron chi connectivity index (χ1n) is 5.39. The topological polar surface area (TPSA) is 88.3 Å². The smallest absolute Gasteiger partial charge is 0.303 e. The zero-order chi connectivity index (χ0) is 12.7. The first-order chi connectivity index (χ1) is 8.09. The number of hydrogen-bond donors (Lipinski definition) is 1. The van der Waals surface area contributed by atoms with Gasteiger partial charge in [-0.3, -0.25) is 14.3 Å². The van der Waals surface area contributed by atoms with E-state index in [9.17, 15) is 9.59 Å². The van der Waals surface area contributed by atoms with E-state index in [4.69, 9.17) is 5.11 Å². The minimum Gasteiger partial charge on any atom is -0.481 e. The van der Waals surface area contributed by atoms with Crippen molar-refractivity contribution in [3.63, 3.8) is 0 Å². The number of carboxylic acids is 1. The molecule has 0 atom stereocenters. The first-order valence-corrected chi connectivity index (χ1v) is 5.39. The van der Waals surface area contributed by atoms with Crippen LogP contribution in [0.1, 0.15) is 19.3 Å². The second kappa shape index (κ2) is 6.62. The molecule has 0 radical (unpaired) electrons. The Labute approximate surface area is 99.0 Å². The summed E-state index contributed by atoms with van der Waals surface area (Å²) in [6.45, 7) is 0.949. The van der Waals surface area contributed by atoms with Crippen molar-refractivity contribution in [2.24, 2.45) is 0 Å². The Hall–Kier alpha value is -1.92. The number of hydrogen-bond acceptors (Lipinski definition) is 4. The van der Waals surface area contributed by atoms with E-state index in [1.165, 1.54) is 0 Å². The molecule has 0 fully saturated rings. The molecule has 0 aliphatic rings. The molecule has 0 aliphatic heterocycles. The molecule has 1 aromatic rings. The van der Waals surface area contributed by atoms with Crippen LogP contribution in [0.4, 0.5) is 0 Å². The Kier molecular flexibility index (Phi) is 5.12. The van der Waals surface area contributed by atoms with Crippen LogP contribution in [0.3, 0.4) is 0 Å². The fourth-order valence-corrected chi connectivity index (χ4v) is 1.35. The highest BCUT2D eigenvalue weighted by molar-refractivity contribution is 5.75. The fraction of sp³-hybridized carbons (Fsp3) is 0.600. The largest absolute Gasteiger partial charge is 0.481 e. The van der Waals surface area contributed by atoms with E-state index in [0.717, 1.165) is 0 Å². The molecule has 7 heteroatoms. The van der Waals surface area contributed by atoms with Crippen molar-refractivity contribution in [2.75, 3.05) is 13.6 Å². The van der Waals surface area contributed by atoms with Crippen molar-refractivity contribution in [3.05, 3.63) is 12.4 Å². The van der Waals surface area contributed by atoms with Crippen LogP contribution in [0, 0.1) is 0 Å². The van der Waals surface area contributed by atoms with Gasteiger partial charge in [-0.15, -0.1) is 5.10 Å². The standard InChI is InChI=1S/C10H16N4O3/c1-13(6-2-3-10(16)17)9(15)4-7-14-8-5-11-12-14/h5,8H,2-4,6-7H2,1H3,(H,16,17).